The van der Waals surface area contributed by atoms with Gasteiger partial charge < -0.3 is 5.11 Å². The van der Waals surface area contributed by atoms with Crippen LogP contribution >= 0.6 is 29.6 Å². The average molecular weight is 270 g/mol. The fourth-order valence-electron chi connectivity index (χ4n) is 0. The van der Waals surface area contributed by atoms with Gasteiger partial charge in [-0.3, -0.25) is 0 Å². The van der Waals surface area contributed by atoms with Gasteiger partial charge in [0.2, 0.25) is 0 Å². The van der Waals surface area contributed by atoms with E-state index in [1.54, 1.807) is 6.92 Å². The second-order valence-corrected chi connectivity index (χ2v) is 9.17. The first-order valence-corrected chi connectivity index (χ1v) is 6.83. The largest absolute Gasteiger partial charge is 0.397 e. The molecule has 0 fully saturated rings. The number of rotatable bonds is 0. The number of halogens is 2. The molecule has 52 valence electrons. The highest BCUT2D eigenvalue weighted by molar-refractivity contribution is 9.79. The van der Waals surface area contributed by atoms with Crippen molar-refractivity contribution in [3.05, 3.63) is 0 Å². The summed E-state index contributed by atoms with van der Waals surface area (Å²) in [5.74, 6) is 0. The number of hydrogen-bond donors (Lipinski definition) is 1. The van der Waals surface area contributed by atoms with E-state index < -0.39 is 6.70 Å². The van der Waals surface area contributed by atoms with Gasteiger partial charge in [-0.2, -0.15) is 0 Å². The predicted molar refractivity (Wildman–Crippen MR) is 39.5 cm³/mol. The highest BCUT2D eigenvalue weighted by Crippen LogP contribution is 2.06. The molecule has 0 aromatic rings. The lowest BCUT2D eigenvalue weighted by atomic mass is 10.9. The van der Waals surface area contributed by atoms with E-state index in [1.807, 2.05) is 0 Å². The zero-order valence-corrected chi connectivity index (χ0v) is 8.12. The van der Waals surface area contributed by atoms with Gasteiger partial charge in [0.1, 0.15) is 0 Å². The van der Waals surface area contributed by atoms with Gasteiger partial charge in [-0.1, -0.05) is 0 Å². The van der Waals surface area contributed by atoms with Gasteiger partial charge in [-0.05, 0) is 6.92 Å². The molecular weight excluding hydrogens is 264 g/mol. The van der Waals surface area contributed by atoms with Crippen LogP contribution in [0.1, 0.15) is 6.92 Å². The number of aliphatic hydroxyl groups excluding tert-OH is 1. The molecule has 0 amide bonds. The third kappa shape index (κ3) is 313. The van der Waals surface area contributed by atoms with Crippen molar-refractivity contribution in [2.45, 2.75) is 6.92 Å². The zero-order valence-electron chi connectivity index (χ0n) is 4.13. The molecule has 1 N–H and O–H groups in total. The molecular formula is C2H6Br2O3S. The minimum absolute atomic E-state index is 0.250. The second kappa shape index (κ2) is 6.00. The molecule has 0 spiro atoms. The minimum atomic E-state index is -3.04. The molecule has 0 saturated heterocycles. The summed E-state index contributed by atoms with van der Waals surface area (Å²) >= 11 is 4.53. The summed E-state index contributed by atoms with van der Waals surface area (Å²) < 4.78 is 18.9. The van der Waals surface area contributed by atoms with Crippen molar-refractivity contribution in [1.82, 2.24) is 0 Å². The van der Waals surface area contributed by atoms with Crippen LogP contribution in [0.25, 0.3) is 0 Å². The summed E-state index contributed by atoms with van der Waals surface area (Å²) in [5.41, 5.74) is 0. The highest BCUT2D eigenvalue weighted by Gasteiger charge is 1.87. The van der Waals surface area contributed by atoms with Crippen molar-refractivity contribution in [1.29, 1.82) is 0 Å². The van der Waals surface area contributed by atoms with Gasteiger partial charge in [-0.25, -0.2) is 8.42 Å². The van der Waals surface area contributed by atoms with Crippen LogP contribution in [-0.4, -0.2) is 20.1 Å². The Morgan fingerprint density at radius 3 is 1.50 bits per heavy atom. The van der Waals surface area contributed by atoms with Crippen LogP contribution in [0.3, 0.4) is 0 Å². The van der Waals surface area contributed by atoms with Gasteiger partial charge in [-0.15, -0.1) is 0 Å². The van der Waals surface area contributed by atoms with E-state index in [9.17, 15) is 8.42 Å². The molecule has 3 nitrogen and oxygen atoms in total. The Balaban J connectivity index is 0. The summed E-state index contributed by atoms with van der Waals surface area (Å²) in [6, 6.07) is 0. The Kier molecular flexibility index (Phi) is 8.73. The van der Waals surface area contributed by atoms with Crippen LogP contribution in [0.15, 0.2) is 0 Å². The minimum Gasteiger partial charge on any atom is -0.397 e. The lowest BCUT2D eigenvalue weighted by Crippen LogP contribution is -1.60. The smallest absolute Gasteiger partial charge is 0.268 e. The lowest BCUT2D eigenvalue weighted by molar-refractivity contribution is 0.318. The third-order valence-electron chi connectivity index (χ3n) is 0. The number of hydrogen-bond acceptors (Lipinski definition) is 3. The van der Waals surface area contributed by atoms with Gasteiger partial charge >= 0.3 is 0 Å². The Hall–Kier alpha value is 0.870. The second-order valence-electron chi connectivity index (χ2n) is 0.695. The SMILES string of the molecule is CCO.O=S(=O)(Br)Br. The first kappa shape index (κ1) is 11.6. The molecule has 0 radical (unpaired) electrons. The van der Waals surface area contributed by atoms with E-state index in [0.29, 0.717) is 0 Å². The Morgan fingerprint density at radius 2 is 1.50 bits per heavy atom. The third-order valence-corrected chi connectivity index (χ3v) is 0. The summed E-state index contributed by atoms with van der Waals surface area (Å²) in [5, 5.41) is 7.57. The van der Waals surface area contributed by atoms with Gasteiger partial charge in [0.05, 0.1) is 29.6 Å². The molecule has 0 saturated carbocycles. The van der Waals surface area contributed by atoms with Crippen LogP contribution in [0.4, 0.5) is 0 Å². The maximum Gasteiger partial charge on any atom is 0.268 e. The molecule has 0 bridgehead atoms. The van der Waals surface area contributed by atoms with Crippen molar-refractivity contribution in [2.24, 2.45) is 0 Å². The normalized spacial score (nSPS) is 9.50. The summed E-state index contributed by atoms with van der Waals surface area (Å²) in [4.78, 5) is 0. The zero-order chi connectivity index (χ0) is 7.21. The maximum absolute atomic E-state index is 9.47. The fraction of sp³-hybridized carbons (Fsp3) is 1.00. The highest BCUT2D eigenvalue weighted by atomic mass is 79.9. The van der Waals surface area contributed by atoms with E-state index in [4.69, 9.17) is 5.11 Å². The van der Waals surface area contributed by atoms with Crippen LogP contribution < -0.4 is 0 Å². The molecule has 8 heavy (non-hydrogen) atoms. The first-order chi connectivity index (χ1) is 3.41. The average Bonchev–Trinajstić information content (AvgIpc) is 1.27. The van der Waals surface area contributed by atoms with Crippen molar-refractivity contribution in [3.63, 3.8) is 0 Å². The topological polar surface area (TPSA) is 54.4 Å². The molecule has 0 heterocycles. The van der Waals surface area contributed by atoms with Gasteiger partial charge in [0.15, 0.2) is 0 Å². The van der Waals surface area contributed by atoms with E-state index in [2.05, 4.69) is 29.6 Å². The van der Waals surface area contributed by atoms with E-state index in [1.165, 1.54) is 0 Å². The summed E-state index contributed by atoms with van der Waals surface area (Å²) in [6.07, 6.45) is 0. The quantitative estimate of drug-likeness (QED) is 0.668. The molecule has 0 aliphatic rings. The first-order valence-electron chi connectivity index (χ1n) is 1.67. The summed E-state index contributed by atoms with van der Waals surface area (Å²) in [7, 11) is 0. The van der Waals surface area contributed by atoms with Crippen LogP contribution in [0, 0.1) is 0 Å². The molecule has 0 aromatic heterocycles. The summed E-state index contributed by atoms with van der Waals surface area (Å²) in [6.45, 7) is -1.11. The van der Waals surface area contributed by atoms with Gasteiger partial charge in [0, 0.05) is 6.61 Å². The van der Waals surface area contributed by atoms with Crippen LogP contribution in [0.2, 0.25) is 0 Å². The Morgan fingerprint density at radius 1 is 1.50 bits per heavy atom. The van der Waals surface area contributed by atoms with Crippen molar-refractivity contribution in [2.75, 3.05) is 6.61 Å². The maximum atomic E-state index is 9.47. The van der Waals surface area contributed by atoms with Crippen LogP contribution in [-0.2, 0) is 6.70 Å². The predicted octanol–water partition coefficient (Wildman–Crippen LogP) is 1.02. The molecule has 6 heteroatoms. The van der Waals surface area contributed by atoms with Crippen molar-refractivity contribution in [3.8, 4) is 0 Å². The fourth-order valence-corrected chi connectivity index (χ4v) is 0. The molecule has 0 atom stereocenters. The monoisotopic (exact) mass is 268 g/mol. The molecule has 0 rings (SSSR count). The molecule has 0 aliphatic carbocycles. The standard InChI is InChI=1S/C2H6O.Br2O2S/c1-2-3;1-5(2,3)4/h3H,2H2,1H3;. The van der Waals surface area contributed by atoms with Crippen LogP contribution in [0.5, 0.6) is 0 Å². The van der Waals surface area contributed by atoms with E-state index in [-0.39, 0.29) is 6.61 Å². The Bertz CT molecular complexity index is 109. The Labute approximate surface area is 63.4 Å². The van der Waals surface area contributed by atoms with E-state index in [0.717, 1.165) is 0 Å². The van der Waals surface area contributed by atoms with E-state index >= 15 is 0 Å². The lowest BCUT2D eigenvalue weighted by Gasteiger charge is -1.62. The van der Waals surface area contributed by atoms with Gasteiger partial charge in [0.25, 0.3) is 6.70 Å². The molecule has 0 aliphatic heterocycles. The molecule has 0 aromatic carbocycles. The molecule has 0 unspecified atom stereocenters. The van der Waals surface area contributed by atoms with Crippen molar-refractivity contribution < 1.29 is 13.5 Å². The van der Waals surface area contributed by atoms with Crippen molar-refractivity contribution >= 4 is 36.3 Å². The number of aliphatic hydroxyl groups is 1.